The minimum Gasteiger partial charge on any atom is -0.381 e. The molecule has 0 amide bonds. The van der Waals surface area contributed by atoms with Crippen molar-refractivity contribution in [3.05, 3.63) is 70.2 Å². The van der Waals surface area contributed by atoms with Gasteiger partial charge in [-0.3, -0.25) is 0 Å². The van der Waals surface area contributed by atoms with Crippen LogP contribution < -0.4 is 0 Å². The van der Waals surface area contributed by atoms with Crippen LogP contribution in [0.3, 0.4) is 0 Å². The van der Waals surface area contributed by atoms with Crippen LogP contribution in [-0.2, 0) is 16.8 Å². The van der Waals surface area contributed by atoms with Crippen molar-refractivity contribution in [3.63, 3.8) is 0 Å². The second-order valence-corrected chi connectivity index (χ2v) is 6.77. The van der Waals surface area contributed by atoms with Crippen LogP contribution in [0.15, 0.2) is 48.5 Å². The van der Waals surface area contributed by atoms with Gasteiger partial charge in [-0.25, -0.2) is 0 Å². The maximum Gasteiger partial charge on any atom is 0.133 e. The second kappa shape index (κ2) is 5.11. The smallest absolute Gasteiger partial charge is 0.133 e. The summed E-state index contributed by atoms with van der Waals surface area (Å²) in [6.45, 7) is 0. The molecule has 0 unspecified atom stereocenters. The maximum atomic E-state index is 11.5. The van der Waals surface area contributed by atoms with Gasteiger partial charge in [0, 0.05) is 11.4 Å². The minimum absolute atomic E-state index is 0.147. The van der Waals surface area contributed by atoms with Gasteiger partial charge in [-0.2, -0.15) is 0 Å². The molecule has 1 N–H and O–H groups in total. The van der Waals surface area contributed by atoms with Gasteiger partial charge in [0.15, 0.2) is 0 Å². The van der Waals surface area contributed by atoms with Crippen LogP contribution in [0.2, 0.25) is 5.02 Å². The van der Waals surface area contributed by atoms with Gasteiger partial charge in [-0.05, 0) is 41.7 Å². The Bertz CT molecular complexity index is 792. The SMILES string of the molecule is C#CC[C@@]1(O)c2ccccc2CC[C@]12O[C@@H]2c1ccc(Cl)cc1. The molecule has 1 spiro atoms. The van der Waals surface area contributed by atoms with Gasteiger partial charge in [0.2, 0.25) is 0 Å². The molecule has 0 bridgehead atoms. The van der Waals surface area contributed by atoms with E-state index in [-0.39, 0.29) is 12.5 Å². The van der Waals surface area contributed by atoms with Crippen molar-refractivity contribution >= 4 is 11.6 Å². The second-order valence-electron chi connectivity index (χ2n) is 6.34. The van der Waals surface area contributed by atoms with Crippen molar-refractivity contribution < 1.29 is 9.84 Å². The molecule has 1 fully saturated rings. The fraction of sp³-hybridized carbons (Fsp3) is 0.300. The lowest BCUT2D eigenvalue weighted by Gasteiger charge is -2.39. The van der Waals surface area contributed by atoms with E-state index in [0.717, 1.165) is 29.5 Å². The average molecular weight is 325 g/mol. The van der Waals surface area contributed by atoms with Gasteiger partial charge < -0.3 is 9.84 Å². The highest BCUT2D eigenvalue weighted by molar-refractivity contribution is 6.30. The molecule has 2 nitrogen and oxygen atoms in total. The Morgan fingerprint density at radius 2 is 1.96 bits per heavy atom. The standard InChI is InChI=1S/C20H17ClO2/c1-2-12-19(22)17-6-4-3-5-14(17)11-13-20(19)18(23-20)15-7-9-16(21)10-8-15/h1,3-10,18,22H,11-13H2/t18-,19-,20-/m1/s1. The molecule has 1 aliphatic heterocycles. The molecular weight excluding hydrogens is 308 g/mol. The zero-order valence-corrected chi connectivity index (χ0v) is 13.4. The molecule has 3 atom stereocenters. The van der Waals surface area contributed by atoms with Crippen LogP contribution in [0.1, 0.15) is 35.6 Å². The van der Waals surface area contributed by atoms with Crippen LogP contribution in [0, 0.1) is 12.3 Å². The van der Waals surface area contributed by atoms with Gasteiger partial charge >= 0.3 is 0 Å². The number of ether oxygens (including phenoxy) is 1. The molecular formula is C20H17ClO2. The number of aliphatic hydroxyl groups is 1. The molecule has 2 aliphatic rings. The maximum absolute atomic E-state index is 11.5. The fourth-order valence-corrected chi connectivity index (χ4v) is 4.07. The third-order valence-corrected chi connectivity index (χ3v) is 5.41. The summed E-state index contributed by atoms with van der Waals surface area (Å²) in [6.07, 6.45) is 7.31. The lowest BCUT2D eigenvalue weighted by Crippen LogP contribution is -2.46. The number of rotatable bonds is 2. The summed E-state index contributed by atoms with van der Waals surface area (Å²) in [5.74, 6) is 2.64. The number of hydrogen-bond donors (Lipinski definition) is 1. The Morgan fingerprint density at radius 3 is 2.70 bits per heavy atom. The lowest BCUT2D eigenvalue weighted by atomic mass is 9.67. The summed E-state index contributed by atoms with van der Waals surface area (Å²) >= 11 is 5.97. The van der Waals surface area contributed by atoms with E-state index in [1.165, 1.54) is 0 Å². The summed E-state index contributed by atoms with van der Waals surface area (Å²) in [6, 6.07) is 15.6. The molecule has 1 saturated heterocycles. The number of halogens is 1. The molecule has 23 heavy (non-hydrogen) atoms. The van der Waals surface area contributed by atoms with Crippen LogP contribution in [0.25, 0.3) is 0 Å². The molecule has 2 aromatic rings. The molecule has 2 aromatic carbocycles. The van der Waals surface area contributed by atoms with E-state index in [1.54, 1.807) is 0 Å². The van der Waals surface area contributed by atoms with Crippen LogP contribution in [0.4, 0.5) is 0 Å². The minimum atomic E-state index is -1.15. The first kappa shape index (κ1) is 14.8. The van der Waals surface area contributed by atoms with Gasteiger partial charge in [0.25, 0.3) is 0 Å². The van der Waals surface area contributed by atoms with E-state index in [0.29, 0.717) is 5.02 Å². The zero-order chi connectivity index (χ0) is 16.1. The predicted molar refractivity (Wildman–Crippen MR) is 90.1 cm³/mol. The molecule has 1 aliphatic carbocycles. The first-order valence-corrected chi connectivity index (χ1v) is 8.16. The topological polar surface area (TPSA) is 32.8 Å². The van der Waals surface area contributed by atoms with Gasteiger partial charge in [-0.1, -0.05) is 48.0 Å². The van der Waals surface area contributed by atoms with Crippen molar-refractivity contribution in [2.45, 2.75) is 36.6 Å². The normalized spacial score (nSPS) is 31.4. The van der Waals surface area contributed by atoms with E-state index in [2.05, 4.69) is 12.0 Å². The first-order chi connectivity index (χ1) is 11.1. The number of fused-ring (bicyclic) bond motifs is 1. The Morgan fingerprint density at radius 1 is 1.22 bits per heavy atom. The van der Waals surface area contributed by atoms with Crippen molar-refractivity contribution in [2.75, 3.05) is 0 Å². The Hall–Kier alpha value is -1.79. The van der Waals surface area contributed by atoms with Gasteiger partial charge in [0.1, 0.15) is 17.3 Å². The summed E-state index contributed by atoms with van der Waals surface area (Å²) in [5.41, 5.74) is 1.30. The highest BCUT2D eigenvalue weighted by Crippen LogP contribution is 2.64. The molecule has 1 heterocycles. The summed E-state index contributed by atoms with van der Waals surface area (Å²) in [4.78, 5) is 0. The van der Waals surface area contributed by atoms with Crippen LogP contribution >= 0.6 is 11.6 Å². The van der Waals surface area contributed by atoms with Crippen LogP contribution in [0.5, 0.6) is 0 Å². The number of epoxide rings is 1. The molecule has 4 rings (SSSR count). The number of aryl methyl sites for hydroxylation is 1. The third kappa shape index (κ3) is 2.05. The fourth-order valence-electron chi connectivity index (χ4n) is 3.94. The van der Waals surface area contributed by atoms with Crippen molar-refractivity contribution in [1.82, 2.24) is 0 Å². The Kier molecular flexibility index (Phi) is 3.28. The van der Waals surface area contributed by atoms with E-state index in [4.69, 9.17) is 22.8 Å². The molecule has 3 heteroatoms. The number of hydrogen-bond acceptors (Lipinski definition) is 2. The Labute approximate surface area is 141 Å². The van der Waals surface area contributed by atoms with Crippen molar-refractivity contribution in [3.8, 4) is 12.3 Å². The van der Waals surface area contributed by atoms with Gasteiger partial charge in [0.05, 0.1) is 0 Å². The van der Waals surface area contributed by atoms with Crippen molar-refractivity contribution in [1.29, 1.82) is 0 Å². The van der Waals surface area contributed by atoms with Gasteiger partial charge in [-0.15, -0.1) is 12.3 Å². The summed E-state index contributed by atoms with van der Waals surface area (Å²) in [5, 5.41) is 12.2. The summed E-state index contributed by atoms with van der Waals surface area (Å²) < 4.78 is 6.11. The quantitative estimate of drug-likeness (QED) is 0.669. The predicted octanol–water partition coefficient (Wildman–Crippen LogP) is 4.01. The summed E-state index contributed by atoms with van der Waals surface area (Å²) in [7, 11) is 0. The highest BCUT2D eigenvalue weighted by Gasteiger charge is 2.70. The Balaban J connectivity index is 1.78. The van der Waals surface area contributed by atoms with E-state index in [1.807, 2.05) is 42.5 Å². The van der Waals surface area contributed by atoms with E-state index < -0.39 is 11.2 Å². The third-order valence-electron chi connectivity index (χ3n) is 5.15. The van der Waals surface area contributed by atoms with Crippen LogP contribution in [-0.4, -0.2) is 10.7 Å². The largest absolute Gasteiger partial charge is 0.381 e. The highest BCUT2D eigenvalue weighted by atomic mass is 35.5. The van der Waals surface area contributed by atoms with Crippen molar-refractivity contribution in [2.24, 2.45) is 0 Å². The molecule has 0 aromatic heterocycles. The zero-order valence-electron chi connectivity index (χ0n) is 12.6. The molecule has 116 valence electrons. The van der Waals surface area contributed by atoms with E-state index >= 15 is 0 Å². The first-order valence-electron chi connectivity index (χ1n) is 7.78. The number of benzene rings is 2. The average Bonchev–Trinajstić information content (AvgIpc) is 3.29. The lowest BCUT2D eigenvalue weighted by molar-refractivity contribution is -0.0506. The molecule has 0 saturated carbocycles. The molecule has 0 radical (unpaired) electrons. The monoisotopic (exact) mass is 324 g/mol. The number of terminal acetylenes is 1. The van der Waals surface area contributed by atoms with E-state index in [9.17, 15) is 5.11 Å².